The molecule has 19 heavy (non-hydrogen) atoms. The summed E-state index contributed by atoms with van der Waals surface area (Å²) in [7, 11) is 3.42. The van der Waals surface area contributed by atoms with Gasteiger partial charge < -0.3 is 9.80 Å². The van der Waals surface area contributed by atoms with Crippen molar-refractivity contribution in [2.24, 2.45) is 5.84 Å². The van der Waals surface area contributed by atoms with E-state index in [9.17, 15) is 4.79 Å². The van der Waals surface area contributed by atoms with Crippen molar-refractivity contribution in [2.45, 2.75) is 13.3 Å². The van der Waals surface area contributed by atoms with E-state index in [1.807, 2.05) is 11.8 Å². The number of likely N-dealkylation sites (N-methyl/N-ethyl adjacent to an activating group) is 1. The predicted octanol–water partition coefficient (Wildman–Crippen LogP) is 0.720. The van der Waals surface area contributed by atoms with Crippen LogP contribution < -0.4 is 16.2 Å². The normalized spacial score (nSPS) is 10.2. The third kappa shape index (κ3) is 4.22. The van der Waals surface area contributed by atoms with Crippen molar-refractivity contribution >= 4 is 29.3 Å². The highest BCUT2D eigenvalue weighted by molar-refractivity contribution is 6.32. The van der Waals surface area contributed by atoms with Crippen LogP contribution >= 0.6 is 11.6 Å². The number of carbonyl (C=O) groups excluding carboxylic acids is 1. The van der Waals surface area contributed by atoms with Crippen LogP contribution in [0.4, 0.5) is 11.8 Å². The van der Waals surface area contributed by atoms with Gasteiger partial charge in [-0.3, -0.25) is 10.2 Å². The van der Waals surface area contributed by atoms with Gasteiger partial charge in [-0.25, -0.2) is 10.8 Å². The molecule has 1 aromatic heterocycles. The average Bonchev–Trinajstić information content (AvgIpc) is 2.38. The number of aromatic nitrogens is 2. The first-order valence-electron chi connectivity index (χ1n) is 5.93. The Hall–Kier alpha value is -1.60. The number of carbonyl (C=O) groups is 1. The Kier molecular flexibility index (Phi) is 5.78. The van der Waals surface area contributed by atoms with E-state index in [0.29, 0.717) is 17.4 Å². The first-order chi connectivity index (χ1) is 8.99. The molecule has 106 valence electrons. The van der Waals surface area contributed by atoms with Crippen LogP contribution in [0.3, 0.4) is 0 Å². The SMILES string of the molecule is CCCN(CC(=O)N(C)C)c1nc(NN)ncc1Cl. The highest BCUT2D eigenvalue weighted by Gasteiger charge is 2.17. The number of nitrogen functional groups attached to an aromatic ring is 1. The van der Waals surface area contributed by atoms with E-state index >= 15 is 0 Å². The molecule has 0 aliphatic carbocycles. The van der Waals surface area contributed by atoms with Crippen LogP contribution in [0.2, 0.25) is 5.02 Å². The number of halogens is 1. The second-order valence-corrected chi connectivity index (χ2v) is 4.63. The van der Waals surface area contributed by atoms with Gasteiger partial charge in [0.2, 0.25) is 11.9 Å². The molecule has 0 aliphatic heterocycles. The molecular weight excluding hydrogens is 268 g/mol. The summed E-state index contributed by atoms with van der Waals surface area (Å²) in [5, 5.41) is 0.388. The number of rotatable bonds is 6. The molecule has 1 aromatic rings. The quantitative estimate of drug-likeness (QED) is 0.592. The maximum Gasteiger partial charge on any atom is 0.241 e. The van der Waals surface area contributed by atoms with Crippen LogP contribution in [0, 0.1) is 0 Å². The minimum atomic E-state index is -0.0228. The second-order valence-electron chi connectivity index (χ2n) is 4.22. The maximum atomic E-state index is 11.8. The Morgan fingerprint density at radius 3 is 2.74 bits per heavy atom. The largest absolute Gasteiger partial charge is 0.347 e. The van der Waals surface area contributed by atoms with Gasteiger partial charge in [0.25, 0.3) is 0 Å². The van der Waals surface area contributed by atoms with Gasteiger partial charge in [-0.1, -0.05) is 18.5 Å². The molecule has 8 heteroatoms. The summed E-state index contributed by atoms with van der Waals surface area (Å²) < 4.78 is 0. The Bertz CT molecular complexity index is 439. The molecule has 0 saturated carbocycles. The van der Waals surface area contributed by atoms with Crippen molar-refractivity contribution < 1.29 is 4.79 Å². The minimum absolute atomic E-state index is 0.0228. The molecule has 0 fully saturated rings. The zero-order chi connectivity index (χ0) is 14.4. The van der Waals surface area contributed by atoms with E-state index in [0.717, 1.165) is 6.42 Å². The monoisotopic (exact) mass is 286 g/mol. The third-order valence-corrected chi connectivity index (χ3v) is 2.74. The van der Waals surface area contributed by atoms with E-state index in [1.165, 1.54) is 11.1 Å². The number of nitrogens with one attached hydrogen (secondary N) is 1. The number of hydrogen-bond donors (Lipinski definition) is 2. The second kappa shape index (κ2) is 7.10. The molecule has 0 saturated heterocycles. The number of nitrogens with zero attached hydrogens (tertiary/aromatic N) is 4. The molecule has 0 unspecified atom stereocenters. The van der Waals surface area contributed by atoms with Gasteiger partial charge >= 0.3 is 0 Å². The fraction of sp³-hybridized carbons (Fsp3) is 0.545. The molecule has 0 aromatic carbocycles. The smallest absolute Gasteiger partial charge is 0.241 e. The lowest BCUT2D eigenvalue weighted by Gasteiger charge is -2.25. The summed E-state index contributed by atoms with van der Waals surface area (Å²) in [6.45, 7) is 2.90. The Balaban J connectivity index is 3.00. The number of nitrogens with two attached hydrogens (primary N) is 1. The molecule has 0 bridgehead atoms. The van der Waals surface area contributed by atoms with Crippen molar-refractivity contribution in [1.29, 1.82) is 0 Å². The molecular formula is C11H19ClN6O. The molecule has 0 aliphatic rings. The molecule has 0 spiro atoms. The molecule has 7 nitrogen and oxygen atoms in total. The van der Waals surface area contributed by atoms with E-state index < -0.39 is 0 Å². The molecule has 1 amide bonds. The first kappa shape index (κ1) is 15.5. The predicted molar refractivity (Wildman–Crippen MR) is 76.1 cm³/mol. The minimum Gasteiger partial charge on any atom is -0.347 e. The van der Waals surface area contributed by atoms with E-state index in [-0.39, 0.29) is 18.4 Å². The van der Waals surface area contributed by atoms with Crippen molar-refractivity contribution in [2.75, 3.05) is 37.5 Å². The van der Waals surface area contributed by atoms with Gasteiger partial charge in [0.1, 0.15) is 5.02 Å². The van der Waals surface area contributed by atoms with Crippen LogP contribution in [0.1, 0.15) is 13.3 Å². The zero-order valence-corrected chi connectivity index (χ0v) is 12.1. The Morgan fingerprint density at radius 2 is 2.21 bits per heavy atom. The standard InChI is InChI=1S/C11H19ClN6O/c1-4-5-18(7-9(19)17(2)3)10-8(12)6-14-11(15-10)16-13/h6H,4-5,7,13H2,1-3H3,(H,14,15,16). The highest BCUT2D eigenvalue weighted by atomic mass is 35.5. The molecule has 3 N–H and O–H groups in total. The van der Waals surface area contributed by atoms with Crippen LogP contribution in [-0.4, -0.2) is 48.0 Å². The molecule has 0 radical (unpaired) electrons. The molecule has 0 atom stereocenters. The van der Waals surface area contributed by atoms with Crippen molar-refractivity contribution in [3.63, 3.8) is 0 Å². The van der Waals surface area contributed by atoms with Gasteiger partial charge in [0.15, 0.2) is 5.82 Å². The molecule has 1 heterocycles. The number of anilines is 2. The summed E-state index contributed by atoms with van der Waals surface area (Å²) in [5.74, 6) is 6.02. The summed E-state index contributed by atoms with van der Waals surface area (Å²) in [4.78, 5) is 23.3. The summed E-state index contributed by atoms with van der Waals surface area (Å²) in [6.07, 6.45) is 2.33. The van der Waals surface area contributed by atoms with Gasteiger partial charge in [-0.15, -0.1) is 0 Å². The lowest BCUT2D eigenvalue weighted by Crippen LogP contribution is -2.37. The van der Waals surface area contributed by atoms with Crippen molar-refractivity contribution in [1.82, 2.24) is 14.9 Å². The Morgan fingerprint density at radius 1 is 1.53 bits per heavy atom. The lowest BCUT2D eigenvalue weighted by molar-refractivity contribution is -0.127. The summed E-state index contributed by atoms with van der Waals surface area (Å²) in [6, 6.07) is 0. The van der Waals surface area contributed by atoms with Gasteiger partial charge in [0.05, 0.1) is 12.7 Å². The van der Waals surface area contributed by atoms with E-state index in [4.69, 9.17) is 17.4 Å². The van der Waals surface area contributed by atoms with Crippen molar-refractivity contribution in [3.8, 4) is 0 Å². The topological polar surface area (TPSA) is 87.4 Å². The highest BCUT2D eigenvalue weighted by Crippen LogP contribution is 2.23. The van der Waals surface area contributed by atoms with Gasteiger partial charge in [0, 0.05) is 20.6 Å². The Labute approximate surface area is 117 Å². The van der Waals surface area contributed by atoms with Crippen LogP contribution in [-0.2, 0) is 4.79 Å². The van der Waals surface area contributed by atoms with E-state index in [2.05, 4.69) is 15.4 Å². The van der Waals surface area contributed by atoms with Gasteiger partial charge in [-0.2, -0.15) is 4.98 Å². The third-order valence-electron chi connectivity index (χ3n) is 2.47. The number of amides is 1. The summed E-state index contributed by atoms with van der Waals surface area (Å²) in [5.41, 5.74) is 2.36. The van der Waals surface area contributed by atoms with Crippen LogP contribution in [0.5, 0.6) is 0 Å². The average molecular weight is 287 g/mol. The van der Waals surface area contributed by atoms with E-state index in [1.54, 1.807) is 14.1 Å². The number of hydrazine groups is 1. The fourth-order valence-corrected chi connectivity index (χ4v) is 1.69. The van der Waals surface area contributed by atoms with Gasteiger partial charge in [-0.05, 0) is 6.42 Å². The van der Waals surface area contributed by atoms with Crippen LogP contribution in [0.15, 0.2) is 6.20 Å². The lowest BCUT2D eigenvalue weighted by atomic mass is 10.3. The van der Waals surface area contributed by atoms with Crippen LogP contribution in [0.25, 0.3) is 0 Å². The first-order valence-corrected chi connectivity index (χ1v) is 6.31. The number of hydrogen-bond acceptors (Lipinski definition) is 6. The fourth-order valence-electron chi connectivity index (χ4n) is 1.48. The van der Waals surface area contributed by atoms with Crippen molar-refractivity contribution in [3.05, 3.63) is 11.2 Å². The maximum absolute atomic E-state index is 11.8. The summed E-state index contributed by atoms with van der Waals surface area (Å²) >= 11 is 6.09. The molecule has 1 rings (SSSR count). The zero-order valence-electron chi connectivity index (χ0n) is 11.4.